The summed E-state index contributed by atoms with van der Waals surface area (Å²) in [6.07, 6.45) is 12.9. The maximum absolute atomic E-state index is 11.3. The molecule has 0 unspecified atom stereocenters. The number of hydrogen-bond donors (Lipinski definition) is 2. The molecule has 0 atom stereocenters. The quantitative estimate of drug-likeness (QED) is 0.661. The Balaban J connectivity index is 0.000000145. The molecule has 0 radical (unpaired) electrons. The molecule has 3 N–H and O–H groups in total. The Morgan fingerprint density at radius 2 is 1.87 bits per heavy atom. The SMILES string of the molecule is C1CCCC1.CNC(=O)c1cc(C2CC2)no1.Nc1ccc(-n2ncccc2=O)cn1. The summed E-state index contributed by atoms with van der Waals surface area (Å²) in [5.41, 5.74) is 6.74. The van der Waals surface area contributed by atoms with Gasteiger partial charge in [-0.25, -0.2) is 4.98 Å². The largest absolute Gasteiger partial charge is 0.384 e. The van der Waals surface area contributed by atoms with Crippen molar-refractivity contribution in [2.75, 3.05) is 12.8 Å². The molecule has 0 saturated heterocycles. The maximum Gasteiger partial charge on any atom is 0.289 e. The second kappa shape index (κ2) is 11.1. The number of carbonyl (C=O) groups excluding carboxylic acids is 1. The summed E-state index contributed by atoms with van der Waals surface area (Å²) < 4.78 is 6.11. The van der Waals surface area contributed by atoms with E-state index in [4.69, 9.17) is 10.3 Å². The molecule has 0 spiro atoms. The van der Waals surface area contributed by atoms with E-state index in [1.807, 2.05) is 0 Å². The number of nitrogens with two attached hydrogens (primary N) is 1. The van der Waals surface area contributed by atoms with Crippen molar-refractivity contribution in [1.82, 2.24) is 25.2 Å². The molecular formula is C22H28N6O3. The fourth-order valence-corrected chi connectivity index (χ4v) is 3.05. The lowest BCUT2D eigenvalue weighted by Crippen LogP contribution is -2.19. The van der Waals surface area contributed by atoms with Gasteiger partial charge in [0.1, 0.15) is 5.82 Å². The van der Waals surface area contributed by atoms with E-state index in [2.05, 4.69) is 20.6 Å². The Bertz CT molecular complexity index is 1010. The van der Waals surface area contributed by atoms with Crippen LogP contribution in [0.15, 0.2) is 52.0 Å². The molecule has 3 heterocycles. The average Bonchev–Trinajstić information content (AvgIpc) is 3.25. The lowest BCUT2D eigenvalue weighted by molar-refractivity contribution is 0.0926. The van der Waals surface area contributed by atoms with E-state index in [9.17, 15) is 9.59 Å². The molecular weight excluding hydrogens is 396 g/mol. The first kappa shape index (κ1) is 22.2. The fourth-order valence-electron chi connectivity index (χ4n) is 3.05. The van der Waals surface area contributed by atoms with Crippen molar-refractivity contribution in [3.8, 4) is 5.69 Å². The van der Waals surface area contributed by atoms with Crippen molar-refractivity contribution in [2.45, 2.75) is 50.9 Å². The molecule has 0 aliphatic heterocycles. The summed E-state index contributed by atoms with van der Waals surface area (Å²) in [5, 5.41) is 10.2. The molecule has 164 valence electrons. The number of nitrogen functional groups attached to an aromatic ring is 1. The molecule has 2 aliphatic rings. The van der Waals surface area contributed by atoms with Crippen LogP contribution in [0.3, 0.4) is 0 Å². The van der Waals surface area contributed by atoms with Crippen LogP contribution in [0, 0.1) is 0 Å². The maximum atomic E-state index is 11.3. The minimum Gasteiger partial charge on any atom is -0.384 e. The number of pyridine rings is 1. The number of anilines is 1. The number of hydrogen-bond acceptors (Lipinski definition) is 7. The molecule has 2 saturated carbocycles. The molecule has 3 aromatic heterocycles. The van der Waals surface area contributed by atoms with Crippen LogP contribution in [-0.2, 0) is 0 Å². The molecule has 2 fully saturated rings. The second-order valence-corrected chi connectivity index (χ2v) is 7.45. The van der Waals surface area contributed by atoms with Gasteiger partial charge in [-0.3, -0.25) is 9.59 Å². The summed E-state index contributed by atoms with van der Waals surface area (Å²) in [6.45, 7) is 0. The Kier molecular flexibility index (Phi) is 7.91. The van der Waals surface area contributed by atoms with Crippen LogP contribution in [0.25, 0.3) is 5.69 Å². The van der Waals surface area contributed by atoms with Gasteiger partial charge in [0.15, 0.2) is 0 Å². The third-order valence-corrected chi connectivity index (χ3v) is 4.96. The summed E-state index contributed by atoms with van der Waals surface area (Å²) in [5.74, 6) is 1.04. The molecule has 0 bridgehead atoms. The monoisotopic (exact) mass is 424 g/mol. The molecule has 5 rings (SSSR count). The molecule has 2 aliphatic carbocycles. The first-order chi connectivity index (χ1) is 15.1. The van der Waals surface area contributed by atoms with Crippen molar-refractivity contribution in [3.63, 3.8) is 0 Å². The van der Waals surface area contributed by atoms with Gasteiger partial charge in [-0.15, -0.1) is 0 Å². The van der Waals surface area contributed by atoms with E-state index >= 15 is 0 Å². The van der Waals surface area contributed by atoms with Gasteiger partial charge in [0.2, 0.25) is 5.76 Å². The van der Waals surface area contributed by atoms with Crippen molar-refractivity contribution < 1.29 is 9.32 Å². The van der Waals surface area contributed by atoms with Crippen molar-refractivity contribution in [1.29, 1.82) is 0 Å². The lowest BCUT2D eigenvalue weighted by Gasteiger charge is -2.01. The Hall–Kier alpha value is -3.49. The molecule has 0 aromatic carbocycles. The number of aromatic nitrogens is 4. The van der Waals surface area contributed by atoms with Gasteiger partial charge in [-0.05, 0) is 31.0 Å². The highest BCUT2D eigenvalue weighted by Gasteiger charge is 2.27. The van der Waals surface area contributed by atoms with Crippen molar-refractivity contribution >= 4 is 11.7 Å². The Morgan fingerprint density at radius 3 is 2.42 bits per heavy atom. The number of rotatable bonds is 3. The van der Waals surface area contributed by atoms with E-state index in [0.717, 1.165) is 5.69 Å². The smallest absolute Gasteiger partial charge is 0.289 e. The molecule has 9 heteroatoms. The predicted molar refractivity (Wildman–Crippen MR) is 117 cm³/mol. The predicted octanol–water partition coefficient (Wildman–Crippen LogP) is 3.07. The van der Waals surface area contributed by atoms with Gasteiger partial charge in [-0.1, -0.05) is 37.3 Å². The highest BCUT2D eigenvalue weighted by atomic mass is 16.5. The van der Waals surface area contributed by atoms with E-state index in [1.54, 1.807) is 31.3 Å². The van der Waals surface area contributed by atoms with Crippen LogP contribution < -0.4 is 16.6 Å². The van der Waals surface area contributed by atoms with Crippen LogP contribution in [0.1, 0.15) is 67.1 Å². The third kappa shape index (κ3) is 6.77. The van der Waals surface area contributed by atoms with Crippen LogP contribution in [0.2, 0.25) is 0 Å². The second-order valence-electron chi connectivity index (χ2n) is 7.45. The first-order valence-corrected chi connectivity index (χ1v) is 10.5. The third-order valence-electron chi connectivity index (χ3n) is 4.96. The van der Waals surface area contributed by atoms with Gasteiger partial charge in [-0.2, -0.15) is 9.78 Å². The van der Waals surface area contributed by atoms with Gasteiger partial charge in [0.25, 0.3) is 11.5 Å². The summed E-state index contributed by atoms with van der Waals surface area (Å²) in [7, 11) is 1.57. The number of amides is 1. The van der Waals surface area contributed by atoms with Crippen LogP contribution >= 0.6 is 0 Å². The minimum absolute atomic E-state index is 0.195. The fraction of sp³-hybridized carbons (Fsp3) is 0.409. The summed E-state index contributed by atoms with van der Waals surface area (Å²) in [6, 6.07) is 8.05. The minimum atomic E-state index is -0.214. The van der Waals surface area contributed by atoms with Crippen LogP contribution in [-0.4, -0.2) is 32.9 Å². The first-order valence-electron chi connectivity index (χ1n) is 10.5. The number of carbonyl (C=O) groups is 1. The zero-order chi connectivity index (χ0) is 22.1. The van der Waals surface area contributed by atoms with Gasteiger partial charge in [0.05, 0.1) is 17.6 Å². The van der Waals surface area contributed by atoms with E-state index in [0.29, 0.717) is 23.2 Å². The van der Waals surface area contributed by atoms with E-state index in [-0.39, 0.29) is 11.5 Å². The van der Waals surface area contributed by atoms with Gasteiger partial charge in [0, 0.05) is 31.3 Å². The van der Waals surface area contributed by atoms with Crippen LogP contribution in [0.4, 0.5) is 5.82 Å². The highest BCUT2D eigenvalue weighted by Crippen LogP contribution is 2.39. The Morgan fingerprint density at radius 1 is 1.16 bits per heavy atom. The lowest BCUT2D eigenvalue weighted by atomic mass is 10.3. The Labute approximate surface area is 180 Å². The normalized spacial score (nSPS) is 14.6. The van der Waals surface area contributed by atoms with Crippen molar-refractivity contribution in [2.24, 2.45) is 0 Å². The zero-order valence-corrected chi connectivity index (χ0v) is 17.7. The van der Waals surface area contributed by atoms with E-state index < -0.39 is 0 Å². The van der Waals surface area contributed by atoms with Crippen LogP contribution in [0.5, 0.6) is 0 Å². The molecule has 3 aromatic rings. The standard InChI is InChI=1S/C9H8N4O.C8H10N2O2.C5H10/c10-8-4-3-7(6-11-8)13-9(14)2-1-5-12-13;1-9-8(11)7-4-6(10-12-7)5-2-3-5;1-2-4-5-3-1/h1-6H,(H2,10,11);4-5H,2-3H2,1H3,(H,9,11);1-5H2. The zero-order valence-electron chi connectivity index (χ0n) is 17.7. The topological polar surface area (TPSA) is 129 Å². The average molecular weight is 425 g/mol. The van der Waals surface area contributed by atoms with Gasteiger partial charge >= 0.3 is 0 Å². The molecule has 31 heavy (non-hydrogen) atoms. The summed E-state index contributed by atoms with van der Waals surface area (Å²) in [4.78, 5) is 26.2. The highest BCUT2D eigenvalue weighted by molar-refractivity contribution is 5.91. The number of nitrogens with zero attached hydrogens (tertiary/aromatic N) is 4. The molecule has 1 amide bonds. The van der Waals surface area contributed by atoms with Crippen molar-refractivity contribution in [3.05, 3.63) is 64.5 Å². The summed E-state index contributed by atoms with van der Waals surface area (Å²) >= 11 is 0. The van der Waals surface area contributed by atoms with E-state index in [1.165, 1.54) is 68.1 Å². The van der Waals surface area contributed by atoms with Gasteiger partial charge < -0.3 is 15.6 Å². The molecule has 9 nitrogen and oxygen atoms in total. The number of nitrogens with one attached hydrogen (secondary N) is 1.